The van der Waals surface area contributed by atoms with E-state index in [1.54, 1.807) is 6.92 Å². The van der Waals surface area contributed by atoms with Gasteiger partial charge in [-0.05, 0) is 13.0 Å². The highest BCUT2D eigenvalue weighted by Crippen LogP contribution is 2.20. The van der Waals surface area contributed by atoms with Crippen molar-refractivity contribution in [3.05, 3.63) is 45.7 Å². The van der Waals surface area contributed by atoms with E-state index >= 15 is 0 Å². The van der Waals surface area contributed by atoms with Crippen LogP contribution in [-0.2, 0) is 0 Å². The monoisotopic (exact) mass is 262 g/mol. The predicted molar refractivity (Wildman–Crippen MR) is 66.7 cm³/mol. The molecule has 2 rings (SSSR count). The van der Waals surface area contributed by atoms with Crippen molar-refractivity contribution in [3.63, 3.8) is 0 Å². The quantitative estimate of drug-likeness (QED) is 0.493. The van der Waals surface area contributed by atoms with Crippen LogP contribution in [0.1, 0.15) is 16.1 Å². The number of nitro groups is 1. The number of nitrogens with zero attached hydrogens (tertiary/aromatic N) is 2. The summed E-state index contributed by atoms with van der Waals surface area (Å²) in [6.45, 7) is 1.67. The van der Waals surface area contributed by atoms with Crippen LogP contribution in [0, 0.1) is 17.0 Å². The van der Waals surface area contributed by atoms with Crippen molar-refractivity contribution in [2.24, 2.45) is 0 Å². The molecule has 0 unspecified atom stereocenters. The van der Waals surface area contributed by atoms with Crippen molar-refractivity contribution in [2.45, 2.75) is 6.92 Å². The number of aryl methyl sites for hydroxylation is 1. The maximum atomic E-state index is 11.9. The van der Waals surface area contributed by atoms with Crippen molar-refractivity contribution in [1.82, 2.24) is 5.16 Å². The Bertz CT molecular complexity index is 650. The van der Waals surface area contributed by atoms with Crippen LogP contribution in [0.5, 0.6) is 0 Å². The predicted octanol–water partition coefficient (Wildman–Crippen LogP) is 1.73. The number of carbonyl (C=O) groups is 1. The lowest BCUT2D eigenvalue weighted by Crippen LogP contribution is -2.14. The maximum absolute atomic E-state index is 11.9. The Kier molecular flexibility index (Phi) is 3.15. The van der Waals surface area contributed by atoms with Crippen LogP contribution in [0.3, 0.4) is 0 Å². The molecular formula is C11H10N4O4. The second-order valence-corrected chi connectivity index (χ2v) is 3.81. The van der Waals surface area contributed by atoms with Crippen LogP contribution >= 0.6 is 0 Å². The highest BCUT2D eigenvalue weighted by atomic mass is 16.6. The first-order valence-electron chi connectivity index (χ1n) is 5.26. The number of nitrogens with two attached hydrogens (primary N) is 1. The molecule has 1 heterocycles. The van der Waals surface area contributed by atoms with Gasteiger partial charge in [-0.25, -0.2) is 0 Å². The molecule has 0 saturated heterocycles. The van der Waals surface area contributed by atoms with E-state index in [0.717, 1.165) is 6.07 Å². The Morgan fingerprint density at radius 2 is 2.21 bits per heavy atom. The molecule has 19 heavy (non-hydrogen) atoms. The van der Waals surface area contributed by atoms with E-state index in [0.29, 0.717) is 5.76 Å². The first kappa shape index (κ1) is 12.6. The van der Waals surface area contributed by atoms with E-state index in [9.17, 15) is 14.9 Å². The Labute approximate surface area is 107 Å². The number of aromatic nitrogens is 1. The molecule has 0 fully saturated rings. The summed E-state index contributed by atoms with van der Waals surface area (Å²) >= 11 is 0. The van der Waals surface area contributed by atoms with Crippen LogP contribution in [-0.4, -0.2) is 16.0 Å². The summed E-state index contributed by atoms with van der Waals surface area (Å²) < 4.78 is 4.79. The number of carbonyl (C=O) groups excluding carboxylic acids is 1. The molecule has 8 nitrogen and oxygen atoms in total. The van der Waals surface area contributed by atoms with Gasteiger partial charge in [0.25, 0.3) is 11.6 Å². The fourth-order valence-corrected chi connectivity index (χ4v) is 1.46. The minimum Gasteiger partial charge on any atom is -0.398 e. The van der Waals surface area contributed by atoms with Crippen LogP contribution in [0.25, 0.3) is 0 Å². The van der Waals surface area contributed by atoms with Crippen molar-refractivity contribution >= 4 is 23.1 Å². The number of amides is 1. The third-order valence-electron chi connectivity index (χ3n) is 2.36. The van der Waals surface area contributed by atoms with Gasteiger partial charge in [0.1, 0.15) is 5.76 Å². The number of hydrogen-bond donors (Lipinski definition) is 2. The molecule has 0 aliphatic heterocycles. The van der Waals surface area contributed by atoms with Gasteiger partial charge in [-0.15, -0.1) is 0 Å². The number of nitrogens with one attached hydrogen (secondary N) is 1. The summed E-state index contributed by atoms with van der Waals surface area (Å²) in [5.74, 6) is 0.158. The summed E-state index contributed by atoms with van der Waals surface area (Å²) in [5, 5.41) is 16.7. The first-order valence-corrected chi connectivity index (χ1v) is 5.26. The normalized spacial score (nSPS) is 10.2. The maximum Gasteiger partial charge on any atom is 0.270 e. The fraction of sp³-hybridized carbons (Fsp3) is 0.0909. The van der Waals surface area contributed by atoms with Gasteiger partial charge in [0.2, 0.25) is 0 Å². The minimum absolute atomic E-state index is 0.00912. The van der Waals surface area contributed by atoms with E-state index in [2.05, 4.69) is 10.5 Å². The Morgan fingerprint density at radius 3 is 2.79 bits per heavy atom. The van der Waals surface area contributed by atoms with Gasteiger partial charge in [-0.2, -0.15) is 0 Å². The lowest BCUT2D eigenvalue weighted by Gasteiger charge is -2.04. The van der Waals surface area contributed by atoms with Gasteiger partial charge in [0, 0.05) is 23.9 Å². The molecule has 0 aliphatic rings. The number of benzene rings is 1. The molecule has 0 saturated carbocycles. The minimum atomic E-state index is -0.601. The number of non-ortho nitro benzene ring substituents is 1. The smallest absolute Gasteiger partial charge is 0.270 e. The topological polar surface area (TPSA) is 124 Å². The molecule has 2 aromatic rings. The fourth-order valence-electron chi connectivity index (χ4n) is 1.46. The van der Waals surface area contributed by atoms with E-state index in [4.69, 9.17) is 10.3 Å². The zero-order chi connectivity index (χ0) is 14.0. The van der Waals surface area contributed by atoms with Gasteiger partial charge < -0.3 is 15.6 Å². The number of nitro benzene ring substituents is 1. The van der Waals surface area contributed by atoms with Gasteiger partial charge in [-0.3, -0.25) is 14.9 Å². The van der Waals surface area contributed by atoms with Gasteiger partial charge in [-0.1, -0.05) is 5.16 Å². The van der Waals surface area contributed by atoms with Gasteiger partial charge >= 0.3 is 0 Å². The second-order valence-electron chi connectivity index (χ2n) is 3.81. The molecular weight excluding hydrogens is 252 g/mol. The number of anilines is 2. The zero-order valence-corrected chi connectivity index (χ0v) is 9.91. The summed E-state index contributed by atoms with van der Waals surface area (Å²) in [7, 11) is 0. The zero-order valence-electron chi connectivity index (χ0n) is 9.91. The molecule has 1 aromatic carbocycles. The molecule has 0 radical (unpaired) electrons. The third kappa shape index (κ3) is 2.68. The molecule has 0 bridgehead atoms. The molecule has 98 valence electrons. The Morgan fingerprint density at radius 1 is 1.47 bits per heavy atom. The van der Waals surface area contributed by atoms with Crippen LogP contribution in [0.2, 0.25) is 0 Å². The van der Waals surface area contributed by atoms with Crippen molar-refractivity contribution in [3.8, 4) is 0 Å². The summed E-state index contributed by atoms with van der Waals surface area (Å²) in [6.07, 6.45) is 0. The lowest BCUT2D eigenvalue weighted by molar-refractivity contribution is -0.384. The molecule has 1 aromatic heterocycles. The average Bonchev–Trinajstić information content (AvgIpc) is 2.74. The molecule has 0 atom stereocenters. The number of nitrogen functional groups attached to an aromatic ring is 1. The molecule has 8 heteroatoms. The van der Waals surface area contributed by atoms with E-state index in [1.807, 2.05) is 0 Å². The van der Waals surface area contributed by atoms with Crippen LogP contribution in [0.4, 0.5) is 17.2 Å². The standard InChI is InChI=1S/C11H10N4O4/c1-6-4-10(14-19-6)13-11(16)8-5-7(15(17)18)2-3-9(8)12/h2-5H,12H2,1H3,(H,13,14,16). The Balaban J connectivity index is 2.27. The van der Waals surface area contributed by atoms with Crippen LogP contribution < -0.4 is 11.1 Å². The van der Waals surface area contributed by atoms with E-state index in [-0.39, 0.29) is 22.8 Å². The summed E-state index contributed by atoms with van der Waals surface area (Å²) in [5.41, 5.74) is 5.56. The molecule has 0 aliphatic carbocycles. The molecule has 0 spiro atoms. The van der Waals surface area contributed by atoms with Crippen molar-refractivity contribution in [2.75, 3.05) is 11.1 Å². The van der Waals surface area contributed by atoms with Gasteiger partial charge in [0.15, 0.2) is 5.82 Å². The SMILES string of the molecule is Cc1cc(NC(=O)c2cc([N+](=O)[O-])ccc2N)no1. The van der Waals surface area contributed by atoms with Crippen LogP contribution in [0.15, 0.2) is 28.8 Å². The average molecular weight is 262 g/mol. The summed E-state index contributed by atoms with van der Waals surface area (Å²) in [6, 6.07) is 5.16. The number of rotatable bonds is 3. The number of hydrogen-bond acceptors (Lipinski definition) is 6. The first-order chi connectivity index (χ1) is 8.97. The molecule has 3 N–H and O–H groups in total. The van der Waals surface area contributed by atoms with E-state index in [1.165, 1.54) is 18.2 Å². The van der Waals surface area contributed by atoms with Gasteiger partial charge in [0.05, 0.1) is 10.5 Å². The van der Waals surface area contributed by atoms with Crippen molar-refractivity contribution < 1.29 is 14.2 Å². The second kappa shape index (κ2) is 4.77. The lowest BCUT2D eigenvalue weighted by atomic mass is 10.1. The Hall–Kier alpha value is -2.90. The van der Waals surface area contributed by atoms with Crippen molar-refractivity contribution in [1.29, 1.82) is 0 Å². The van der Waals surface area contributed by atoms with E-state index < -0.39 is 10.8 Å². The summed E-state index contributed by atoms with van der Waals surface area (Å²) in [4.78, 5) is 22.0. The largest absolute Gasteiger partial charge is 0.398 e. The highest BCUT2D eigenvalue weighted by molar-refractivity contribution is 6.07. The highest BCUT2D eigenvalue weighted by Gasteiger charge is 2.16. The third-order valence-corrected chi connectivity index (χ3v) is 2.36. The molecule has 1 amide bonds.